The molecule has 0 aromatic heterocycles. The minimum Gasteiger partial charge on any atom is -0.463 e. The van der Waals surface area contributed by atoms with Crippen LogP contribution in [0.15, 0.2) is 59.8 Å². The van der Waals surface area contributed by atoms with Gasteiger partial charge in [0.1, 0.15) is 5.82 Å². The highest BCUT2D eigenvalue weighted by atomic mass is 19.1. The van der Waals surface area contributed by atoms with E-state index in [-0.39, 0.29) is 23.7 Å². The number of nitro groups is 1. The number of carbonyl (C=O) groups is 2. The van der Waals surface area contributed by atoms with E-state index >= 15 is 0 Å². The Kier molecular flexibility index (Phi) is 7.25. The first-order valence-corrected chi connectivity index (χ1v) is 11.3. The van der Waals surface area contributed by atoms with E-state index in [0.29, 0.717) is 44.0 Å². The van der Waals surface area contributed by atoms with Gasteiger partial charge in [0.15, 0.2) is 0 Å². The van der Waals surface area contributed by atoms with Crippen molar-refractivity contribution in [3.8, 4) is 0 Å². The summed E-state index contributed by atoms with van der Waals surface area (Å²) in [4.78, 5) is 40.2. The van der Waals surface area contributed by atoms with Crippen molar-refractivity contribution >= 4 is 23.4 Å². The summed E-state index contributed by atoms with van der Waals surface area (Å²) in [5.74, 6) is -0.849. The van der Waals surface area contributed by atoms with Gasteiger partial charge < -0.3 is 20.3 Å². The molecule has 2 aromatic rings. The zero-order chi connectivity index (χ0) is 24.9. The maximum Gasteiger partial charge on any atom is 0.338 e. The van der Waals surface area contributed by atoms with Crippen LogP contribution < -0.4 is 15.5 Å². The number of non-ortho nitro benzene ring substituents is 1. The first-order chi connectivity index (χ1) is 16.9. The SMILES string of the molecule is CCOC(=O)C1=C(CN2CCN(c3ccc(F)cc3)CC2)NC(=O)N[C@H]1c1ccc([N+](=O)[O-])cc1. The van der Waals surface area contributed by atoms with Crippen LogP contribution in [0.2, 0.25) is 0 Å². The number of rotatable bonds is 7. The van der Waals surface area contributed by atoms with E-state index in [1.807, 2.05) is 0 Å². The number of benzene rings is 2. The smallest absolute Gasteiger partial charge is 0.338 e. The zero-order valence-electron chi connectivity index (χ0n) is 19.2. The molecule has 10 nitrogen and oxygen atoms in total. The van der Waals surface area contributed by atoms with Crippen LogP contribution in [0.5, 0.6) is 0 Å². The van der Waals surface area contributed by atoms with E-state index in [0.717, 1.165) is 5.69 Å². The monoisotopic (exact) mass is 483 g/mol. The molecular formula is C24H26FN5O5. The van der Waals surface area contributed by atoms with E-state index < -0.39 is 23.0 Å². The number of hydrogen-bond donors (Lipinski definition) is 2. The molecule has 2 heterocycles. The van der Waals surface area contributed by atoms with Crippen LogP contribution >= 0.6 is 0 Å². The molecule has 0 unspecified atom stereocenters. The number of hydrogen-bond acceptors (Lipinski definition) is 7. The topological polar surface area (TPSA) is 117 Å². The molecule has 0 radical (unpaired) electrons. The van der Waals surface area contributed by atoms with Crippen molar-refractivity contribution in [2.75, 3.05) is 44.2 Å². The molecule has 2 N–H and O–H groups in total. The Balaban J connectivity index is 1.55. The average molecular weight is 484 g/mol. The summed E-state index contributed by atoms with van der Waals surface area (Å²) in [6.07, 6.45) is 0. The summed E-state index contributed by atoms with van der Waals surface area (Å²) in [6, 6.07) is 10.8. The number of anilines is 1. The van der Waals surface area contributed by atoms with Gasteiger partial charge in [0.25, 0.3) is 5.69 Å². The lowest BCUT2D eigenvalue weighted by atomic mass is 9.94. The van der Waals surface area contributed by atoms with Crippen molar-refractivity contribution in [3.05, 3.63) is 81.3 Å². The van der Waals surface area contributed by atoms with Crippen LogP contribution in [0.3, 0.4) is 0 Å². The van der Waals surface area contributed by atoms with Gasteiger partial charge in [-0.15, -0.1) is 0 Å². The fourth-order valence-electron chi connectivity index (χ4n) is 4.27. The largest absolute Gasteiger partial charge is 0.463 e. The van der Waals surface area contributed by atoms with E-state index in [4.69, 9.17) is 4.74 Å². The molecule has 1 saturated heterocycles. The third-order valence-corrected chi connectivity index (χ3v) is 6.03. The fraction of sp³-hybridized carbons (Fsp3) is 0.333. The zero-order valence-corrected chi connectivity index (χ0v) is 19.2. The lowest BCUT2D eigenvalue weighted by molar-refractivity contribution is -0.384. The second-order valence-electron chi connectivity index (χ2n) is 8.23. The lowest BCUT2D eigenvalue weighted by Crippen LogP contribution is -2.51. The number of halogens is 1. The van der Waals surface area contributed by atoms with Crippen LogP contribution in [-0.4, -0.2) is 61.2 Å². The summed E-state index contributed by atoms with van der Waals surface area (Å²) < 4.78 is 18.5. The second kappa shape index (κ2) is 10.5. The molecule has 2 aliphatic rings. The molecule has 2 aliphatic heterocycles. The number of nitrogens with one attached hydrogen (secondary N) is 2. The van der Waals surface area contributed by atoms with Crippen LogP contribution in [0.25, 0.3) is 0 Å². The van der Waals surface area contributed by atoms with E-state index in [1.54, 1.807) is 19.1 Å². The average Bonchev–Trinajstić information content (AvgIpc) is 2.85. The number of amides is 2. The number of ether oxygens (including phenoxy) is 1. The summed E-state index contributed by atoms with van der Waals surface area (Å²) in [6.45, 7) is 4.92. The van der Waals surface area contributed by atoms with E-state index in [2.05, 4.69) is 20.4 Å². The third-order valence-electron chi connectivity index (χ3n) is 6.03. The van der Waals surface area contributed by atoms with E-state index in [9.17, 15) is 24.1 Å². The summed E-state index contributed by atoms with van der Waals surface area (Å²) in [5, 5.41) is 16.5. The summed E-state index contributed by atoms with van der Waals surface area (Å²) >= 11 is 0. The Bertz CT molecular complexity index is 1130. The maximum absolute atomic E-state index is 13.2. The van der Waals surface area contributed by atoms with Gasteiger partial charge in [-0.05, 0) is 48.9 Å². The van der Waals surface area contributed by atoms with Crippen molar-refractivity contribution in [2.45, 2.75) is 13.0 Å². The molecule has 0 aliphatic carbocycles. The Morgan fingerprint density at radius 3 is 2.37 bits per heavy atom. The first kappa shape index (κ1) is 24.1. The second-order valence-corrected chi connectivity index (χ2v) is 8.23. The summed E-state index contributed by atoms with van der Waals surface area (Å²) in [7, 11) is 0. The van der Waals surface area contributed by atoms with Crippen molar-refractivity contribution < 1.29 is 23.6 Å². The standard InChI is InChI=1S/C24H26FN5O5/c1-2-35-23(31)21-20(15-28-11-13-29(14-12-28)18-9-5-17(25)6-10-18)26-24(32)27-22(21)16-3-7-19(8-4-16)30(33)34/h3-10,22H,2,11-15H2,1H3,(H2,26,27,32)/t22-/m0/s1. The van der Waals surface area contributed by atoms with Crippen molar-refractivity contribution in [3.63, 3.8) is 0 Å². The highest BCUT2D eigenvalue weighted by molar-refractivity contribution is 5.95. The molecule has 0 spiro atoms. The predicted octanol–water partition coefficient (Wildman–Crippen LogP) is 2.73. The Morgan fingerprint density at radius 2 is 1.77 bits per heavy atom. The molecule has 0 saturated carbocycles. The van der Waals surface area contributed by atoms with Gasteiger partial charge in [-0.1, -0.05) is 0 Å². The molecule has 35 heavy (non-hydrogen) atoms. The quantitative estimate of drug-likeness (QED) is 0.353. The Morgan fingerprint density at radius 1 is 1.11 bits per heavy atom. The number of carbonyl (C=O) groups excluding carboxylic acids is 2. The van der Waals surface area contributed by atoms with Crippen LogP contribution in [-0.2, 0) is 9.53 Å². The highest BCUT2D eigenvalue weighted by Crippen LogP contribution is 2.29. The molecule has 2 amide bonds. The lowest BCUT2D eigenvalue weighted by Gasteiger charge is -2.38. The number of nitro benzene ring substituents is 1. The number of piperazine rings is 1. The molecular weight excluding hydrogens is 457 g/mol. The number of nitrogens with zero attached hydrogens (tertiary/aromatic N) is 3. The minimum atomic E-state index is -0.806. The van der Waals surface area contributed by atoms with Crippen molar-refractivity contribution in [2.24, 2.45) is 0 Å². The molecule has 1 fully saturated rings. The fourth-order valence-corrected chi connectivity index (χ4v) is 4.27. The predicted molar refractivity (Wildman–Crippen MR) is 126 cm³/mol. The molecule has 1 atom stereocenters. The minimum absolute atomic E-state index is 0.0880. The maximum atomic E-state index is 13.2. The Hall–Kier alpha value is -3.99. The van der Waals surface area contributed by atoms with Gasteiger partial charge in [0.2, 0.25) is 0 Å². The molecule has 11 heteroatoms. The Labute approximate surface area is 201 Å². The van der Waals surface area contributed by atoms with Crippen LogP contribution in [0.4, 0.5) is 20.6 Å². The summed E-state index contributed by atoms with van der Waals surface area (Å²) in [5.41, 5.74) is 2.08. The number of esters is 1. The van der Waals surface area contributed by atoms with Gasteiger partial charge in [0.05, 0.1) is 23.1 Å². The third kappa shape index (κ3) is 5.57. The molecule has 184 valence electrons. The molecule has 4 rings (SSSR count). The van der Waals surface area contributed by atoms with Gasteiger partial charge in [-0.25, -0.2) is 14.0 Å². The molecule has 0 bridgehead atoms. The van der Waals surface area contributed by atoms with Crippen LogP contribution in [0.1, 0.15) is 18.5 Å². The highest BCUT2D eigenvalue weighted by Gasteiger charge is 2.35. The van der Waals surface area contributed by atoms with Crippen LogP contribution in [0, 0.1) is 15.9 Å². The van der Waals surface area contributed by atoms with Gasteiger partial charge in [-0.2, -0.15) is 0 Å². The number of urea groups is 1. The van der Waals surface area contributed by atoms with E-state index in [1.165, 1.54) is 36.4 Å². The van der Waals surface area contributed by atoms with Crippen molar-refractivity contribution in [1.29, 1.82) is 0 Å². The van der Waals surface area contributed by atoms with Gasteiger partial charge in [-0.3, -0.25) is 15.0 Å². The van der Waals surface area contributed by atoms with Crippen molar-refractivity contribution in [1.82, 2.24) is 15.5 Å². The first-order valence-electron chi connectivity index (χ1n) is 11.3. The van der Waals surface area contributed by atoms with Gasteiger partial charge >= 0.3 is 12.0 Å². The van der Waals surface area contributed by atoms with Gasteiger partial charge in [0, 0.05) is 56.2 Å². The molecule has 2 aromatic carbocycles. The normalized spacial score (nSPS) is 18.6.